The van der Waals surface area contributed by atoms with Crippen molar-refractivity contribution in [1.82, 2.24) is 0 Å². The van der Waals surface area contributed by atoms with E-state index in [9.17, 15) is 0 Å². The lowest BCUT2D eigenvalue weighted by Crippen LogP contribution is -2.07. The highest BCUT2D eigenvalue weighted by molar-refractivity contribution is 9.09. The van der Waals surface area contributed by atoms with Crippen molar-refractivity contribution in [3.05, 3.63) is 34.9 Å². The molecule has 104 valence electrons. The number of ether oxygens (including phenoxy) is 2. The van der Waals surface area contributed by atoms with Crippen LogP contribution in [0.2, 0.25) is 5.02 Å². The molecule has 2 rings (SSSR count). The Bertz CT molecular complexity index is 302. The van der Waals surface area contributed by atoms with Gasteiger partial charge in [0.2, 0.25) is 0 Å². The van der Waals surface area contributed by atoms with Crippen molar-refractivity contribution >= 4 is 27.5 Å². The van der Waals surface area contributed by atoms with Crippen molar-refractivity contribution in [2.24, 2.45) is 0 Å². The van der Waals surface area contributed by atoms with Gasteiger partial charge in [-0.15, -0.1) is 0 Å². The summed E-state index contributed by atoms with van der Waals surface area (Å²) in [7, 11) is 0. The Balaban J connectivity index is 0.000000289. The molecule has 1 aromatic carbocycles. The minimum Gasteiger partial charge on any atom is -0.349 e. The Morgan fingerprint density at radius 3 is 2.22 bits per heavy atom. The average molecular weight is 338 g/mol. The molecule has 1 aliphatic heterocycles. The number of halogens is 2. The van der Waals surface area contributed by atoms with Crippen molar-refractivity contribution in [2.75, 3.05) is 18.5 Å². The third-order valence-electron chi connectivity index (χ3n) is 2.11. The molecular formula is C14H22BrClO2. The smallest absolute Gasteiger partial charge is 0.167 e. The summed E-state index contributed by atoms with van der Waals surface area (Å²) in [4.78, 5) is 0. The van der Waals surface area contributed by atoms with Gasteiger partial charge in [-0.05, 0) is 24.1 Å². The van der Waals surface area contributed by atoms with Crippen LogP contribution in [0, 0.1) is 0 Å². The van der Waals surface area contributed by atoms with E-state index in [1.807, 2.05) is 32.0 Å². The zero-order valence-electron chi connectivity index (χ0n) is 11.3. The third kappa shape index (κ3) is 8.09. The second-order valence-electron chi connectivity index (χ2n) is 3.31. The fourth-order valence-corrected chi connectivity index (χ4v) is 1.84. The molecule has 0 N–H and O–H groups in total. The van der Waals surface area contributed by atoms with Crippen LogP contribution in [0.25, 0.3) is 0 Å². The van der Waals surface area contributed by atoms with Gasteiger partial charge < -0.3 is 9.47 Å². The Morgan fingerprint density at radius 2 is 1.89 bits per heavy atom. The van der Waals surface area contributed by atoms with Gasteiger partial charge >= 0.3 is 0 Å². The topological polar surface area (TPSA) is 18.5 Å². The van der Waals surface area contributed by atoms with Gasteiger partial charge in [-0.3, -0.25) is 0 Å². The molecule has 4 heteroatoms. The quantitative estimate of drug-likeness (QED) is 0.729. The summed E-state index contributed by atoms with van der Waals surface area (Å²) < 4.78 is 10.1. The molecule has 0 spiro atoms. The van der Waals surface area contributed by atoms with Crippen LogP contribution in [-0.2, 0) is 15.9 Å². The van der Waals surface area contributed by atoms with E-state index < -0.39 is 0 Å². The molecule has 0 saturated carbocycles. The Hall–Kier alpha value is -0.0900. The van der Waals surface area contributed by atoms with Crippen LogP contribution >= 0.6 is 27.5 Å². The van der Waals surface area contributed by atoms with Gasteiger partial charge in [0.1, 0.15) is 0 Å². The van der Waals surface area contributed by atoms with E-state index in [0.717, 1.165) is 30.0 Å². The standard InChI is InChI=1S/C8H9Cl.C4H7BrO2.C2H6/c1-2-7-4-3-5-8(9)6-7;5-3-4-6-1-2-7-4;1-2/h3-6H,2H2,1H3;4H,1-3H2;1-2H3. The maximum atomic E-state index is 5.72. The van der Waals surface area contributed by atoms with E-state index in [2.05, 4.69) is 28.9 Å². The summed E-state index contributed by atoms with van der Waals surface area (Å²) in [5, 5.41) is 1.61. The Kier molecular flexibility index (Phi) is 11.9. The normalized spacial score (nSPS) is 14.3. The van der Waals surface area contributed by atoms with E-state index >= 15 is 0 Å². The summed E-state index contributed by atoms with van der Waals surface area (Å²) >= 11 is 8.95. The number of rotatable bonds is 2. The highest BCUT2D eigenvalue weighted by Gasteiger charge is 2.12. The van der Waals surface area contributed by atoms with Gasteiger partial charge in [0.15, 0.2) is 6.29 Å². The summed E-state index contributed by atoms with van der Waals surface area (Å²) in [6, 6.07) is 7.93. The number of hydrogen-bond acceptors (Lipinski definition) is 2. The first-order valence-electron chi connectivity index (χ1n) is 6.30. The summed E-state index contributed by atoms with van der Waals surface area (Å²) in [6.45, 7) is 7.61. The fraction of sp³-hybridized carbons (Fsp3) is 0.571. The van der Waals surface area contributed by atoms with Crippen molar-refractivity contribution in [1.29, 1.82) is 0 Å². The lowest BCUT2D eigenvalue weighted by molar-refractivity contribution is -0.0205. The number of aryl methyl sites for hydroxylation is 1. The first-order chi connectivity index (χ1) is 8.76. The molecule has 0 atom stereocenters. The lowest BCUT2D eigenvalue weighted by Gasteiger charge is -2.00. The van der Waals surface area contributed by atoms with E-state index in [1.54, 1.807) is 0 Å². The minimum absolute atomic E-state index is 0.0139. The van der Waals surface area contributed by atoms with Gasteiger partial charge in [-0.2, -0.15) is 0 Å². The van der Waals surface area contributed by atoms with E-state index in [1.165, 1.54) is 5.56 Å². The summed E-state index contributed by atoms with van der Waals surface area (Å²) in [5.74, 6) is 0. The molecule has 0 amide bonds. The number of benzene rings is 1. The molecule has 0 radical (unpaired) electrons. The van der Waals surface area contributed by atoms with Crippen LogP contribution in [0.1, 0.15) is 26.3 Å². The maximum Gasteiger partial charge on any atom is 0.167 e. The van der Waals surface area contributed by atoms with Gasteiger partial charge in [0.25, 0.3) is 0 Å². The Labute approximate surface area is 124 Å². The average Bonchev–Trinajstić information content (AvgIpc) is 2.95. The summed E-state index contributed by atoms with van der Waals surface area (Å²) in [6.07, 6.45) is 1.07. The lowest BCUT2D eigenvalue weighted by atomic mass is 10.2. The molecule has 0 unspecified atom stereocenters. The van der Waals surface area contributed by atoms with E-state index in [-0.39, 0.29) is 6.29 Å². The molecule has 0 aromatic heterocycles. The fourth-order valence-electron chi connectivity index (χ4n) is 1.25. The first kappa shape index (κ1) is 17.9. The van der Waals surface area contributed by atoms with Crippen LogP contribution < -0.4 is 0 Å². The minimum atomic E-state index is 0.0139. The second-order valence-corrected chi connectivity index (χ2v) is 4.39. The van der Waals surface area contributed by atoms with E-state index in [0.29, 0.717) is 0 Å². The van der Waals surface area contributed by atoms with Crippen LogP contribution in [0.5, 0.6) is 0 Å². The molecule has 0 aliphatic carbocycles. The second kappa shape index (κ2) is 12.0. The molecular weight excluding hydrogens is 316 g/mol. The zero-order valence-corrected chi connectivity index (χ0v) is 13.6. The monoisotopic (exact) mass is 336 g/mol. The molecule has 0 bridgehead atoms. The number of alkyl halides is 1. The molecule has 1 saturated heterocycles. The zero-order chi connectivity index (χ0) is 13.8. The third-order valence-corrected chi connectivity index (χ3v) is 2.88. The SMILES string of the molecule is BrCC1OCCO1.CC.CCc1cccc(Cl)c1. The van der Waals surface area contributed by atoms with Gasteiger partial charge in [0, 0.05) is 5.02 Å². The predicted octanol–water partition coefficient (Wildman–Crippen LogP) is 4.68. The number of hydrogen-bond donors (Lipinski definition) is 0. The highest BCUT2D eigenvalue weighted by atomic mass is 79.9. The van der Waals surface area contributed by atoms with Gasteiger partial charge in [-0.1, -0.05) is 60.4 Å². The van der Waals surface area contributed by atoms with Crippen molar-refractivity contribution in [3.63, 3.8) is 0 Å². The predicted molar refractivity (Wildman–Crippen MR) is 81.7 cm³/mol. The van der Waals surface area contributed by atoms with Crippen LogP contribution in [0.3, 0.4) is 0 Å². The first-order valence-corrected chi connectivity index (χ1v) is 7.79. The van der Waals surface area contributed by atoms with Crippen molar-refractivity contribution in [3.8, 4) is 0 Å². The van der Waals surface area contributed by atoms with Crippen LogP contribution in [0.4, 0.5) is 0 Å². The van der Waals surface area contributed by atoms with E-state index in [4.69, 9.17) is 21.1 Å². The molecule has 1 aliphatic rings. The molecule has 1 fully saturated rings. The maximum absolute atomic E-state index is 5.72. The molecule has 1 aromatic rings. The largest absolute Gasteiger partial charge is 0.349 e. The van der Waals surface area contributed by atoms with Crippen molar-refractivity contribution in [2.45, 2.75) is 33.5 Å². The summed E-state index contributed by atoms with van der Waals surface area (Å²) in [5.41, 5.74) is 1.29. The Morgan fingerprint density at radius 1 is 1.28 bits per heavy atom. The molecule has 1 heterocycles. The van der Waals surface area contributed by atoms with Gasteiger partial charge in [-0.25, -0.2) is 0 Å². The van der Waals surface area contributed by atoms with Gasteiger partial charge in [0.05, 0.1) is 18.5 Å². The van der Waals surface area contributed by atoms with Crippen LogP contribution in [0.15, 0.2) is 24.3 Å². The molecule has 18 heavy (non-hydrogen) atoms. The van der Waals surface area contributed by atoms with Crippen LogP contribution in [-0.4, -0.2) is 24.8 Å². The highest BCUT2D eigenvalue weighted by Crippen LogP contribution is 2.10. The molecule has 2 nitrogen and oxygen atoms in total. The van der Waals surface area contributed by atoms with Crippen molar-refractivity contribution < 1.29 is 9.47 Å².